The largest absolute Gasteiger partial charge is 0.416 e. The topological polar surface area (TPSA) is 58.8 Å². The van der Waals surface area contributed by atoms with Gasteiger partial charge in [0.05, 0.1) is 11.6 Å². The van der Waals surface area contributed by atoms with Crippen LogP contribution in [-0.2, 0) is 22.3 Å². The molecular formula is C20H28F3N3O2. The molecule has 0 radical (unpaired) electrons. The molecule has 0 aromatic heterocycles. The van der Waals surface area contributed by atoms with Crippen molar-refractivity contribution in [2.24, 2.45) is 11.7 Å². The van der Waals surface area contributed by atoms with Gasteiger partial charge in [0.2, 0.25) is 5.91 Å². The van der Waals surface area contributed by atoms with Gasteiger partial charge in [0.25, 0.3) is 0 Å². The first-order valence-electron chi connectivity index (χ1n) is 9.85. The summed E-state index contributed by atoms with van der Waals surface area (Å²) < 4.78 is 43.4. The molecule has 0 bridgehead atoms. The molecular weight excluding hydrogens is 371 g/mol. The Balaban J connectivity index is 1.52. The molecule has 156 valence electrons. The van der Waals surface area contributed by atoms with Crippen LogP contribution in [0, 0.1) is 5.92 Å². The van der Waals surface area contributed by atoms with E-state index in [9.17, 15) is 18.0 Å². The number of ether oxygens (including phenoxy) is 1. The van der Waals surface area contributed by atoms with Crippen LogP contribution in [0.25, 0.3) is 0 Å². The molecule has 2 aliphatic rings. The SMILES string of the molecule is NC(C(=O)N1CCCN(Cc2ccc(C(F)(F)F)cc2)CC1)C1CCOCC1. The van der Waals surface area contributed by atoms with Crippen LogP contribution in [0.1, 0.15) is 30.4 Å². The van der Waals surface area contributed by atoms with E-state index < -0.39 is 17.8 Å². The fourth-order valence-corrected chi connectivity index (χ4v) is 3.89. The predicted octanol–water partition coefficient (Wildman–Crippen LogP) is 2.49. The highest BCUT2D eigenvalue weighted by molar-refractivity contribution is 5.82. The molecule has 5 nitrogen and oxygen atoms in total. The summed E-state index contributed by atoms with van der Waals surface area (Å²) >= 11 is 0. The van der Waals surface area contributed by atoms with Gasteiger partial charge in [-0.1, -0.05) is 12.1 Å². The number of hydrogen-bond donors (Lipinski definition) is 1. The summed E-state index contributed by atoms with van der Waals surface area (Å²) in [5.74, 6) is 0.177. The summed E-state index contributed by atoms with van der Waals surface area (Å²) in [6.45, 7) is 4.64. The molecule has 3 rings (SSSR count). The molecule has 1 aromatic rings. The zero-order valence-electron chi connectivity index (χ0n) is 16.0. The van der Waals surface area contributed by atoms with Crippen LogP contribution >= 0.6 is 0 Å². The van der Waals surface area contributed by atoms with Crippen LogP contribution in [0.3, 0.4) is 0 Å². The second-order valence-electron chi connectivity index (χ2n) is 7.63. The molecule has 1 unspecified atom stereocenters. The van der Waals surface area contributed by atoms with Gasteiger partial charge in [0.15, 0.2) is 0 Å². The Morgan fingerprint density at radius 2 is 1.79 bits per heavy atom. The minimum absolute atomic E-state index is 0.00304. The first-order chi connectivity index (χ1) is 13.3. The Labute approximate surface area is 163 Å². The number of halogens is 3. The quantitative estimate of drug-likeness (QED) is 0.845. The molecule has 2 N–H and O–H groups in total. The fraction of sp³-hybridized carbons (Fsp3) is 0.650. The van der Waals surface area contributed by atoms with Gasteiger partial charge in [-0.25, -0.2) is 0 Å². The molecule has 0 saturated carbocycles. The lowest BCUT2D eigenvalue weighted by Gasteiger charge is -2.31. The number of hydrogen-bond acceptors (Lipinski definition) is 4. The molecule has 1 aromatic carbocycles. The first kappa shape index (κ1) is 21.1. The second-order valence-corrected chi connectivity index (χ2v) is 7.63. The number of amides is 1. The van der Waals surface area contributed by atoms with Crippen molar-refractivity contribution in [3.8, 4) is 0 Å². The maximum Gasteiger partial charge on any atom is 0.416 e. The van der Waals surface area contributed by atoms with Crippen LogP contribution in [-0.4, -0.2) is 61.1 Å². The van der Waals surface area contributed by atoms with Gasteiger partial charge in [-0.2, -0.15) is 13.2 Å². The van der Waals surface area contributed by atoms with Crippen molar-refractivity contribution in [3.63, 3.8) is 0 Å². The van der Waals surface area contributed by atoms with Crippen LogP contribution in [0.5, 0.6) is 0 Å². The lowest BCUT2D eigenvalue weighted by Crippen LogP contribution is -2.49. The Morgan fingerprint density at radius 3 is 2.43 bits per heavy atom. The van der Waals surface area contributed by atoms with E-state index in [4.69, 9.17) is 10.5 Å². The number of benzene rings is 1. The van der Waals surface area contributed by atoms with E-state index in [1.54, 1.807) is 0 Å². The number of nitrogens with zero attached hydrogens (tertiary/aromatic N) is 2. The molecule has 0 spiro atoms. The lowest BCUT2D eigenvalue weighted by atomic mass is 9.91. The third-order valence-electron chi connectivity index (χ3n) is 5.65. The zero-order valence-corrected chi connectivity index (χ0v) is 16.0. The highest BCUT2D eigenvalue weighted by Crippen LogP contribution is 2.29. The van der Waals surface area contributed by atoms with Crippen molar-refractivity contribution in [1.29, 1.82) is 0 Å². The molecule has 28 heavy (non-hydrogen) atoms. The standard InChI is InChI=1S/C20H28F3N3O2/c21-20(22,23)17-4-2-15(3-5-17)14-25-8-1-9-26(11-10-25)19(27)18(24)16-6-12-28-13-7-16/h2-5,16,18H,1,6-14,24H2. The Morgan fingerprint density at radius 1 is 1.11 bits per heavy atom. The first-order valence-corrected chi connectivity index (χ1v) is 9.85. The van der Waals surface area contributed by atoms with Crippen LogP contribution in [0.15, 0.2) is 24.3 Å². The van der Waals surface area contributed by atoms with Gasteiger partial charge >= 0.3 is 6.18 Å². The van der Waals surface area contributed by atoms with Gasteiger partial charge in [-0.05, 0) is 42.9 Å². The van der Waals surface area contributed by atoms with E-state index in [2.05, 4.69) is 4.90 Å². The molecule has 8 heteroatoms. The summed E-state index contributed by atoms with van der Waals surface area (Å²) in [5.41, 5.74) is 6.44. The molecule has 2 heterocycles. The van der Waals surface area contributed by atoms with Crippen molar-refractivity contribution >= 4 is 5.91 Å². The number of rotatable bonds is 4. The monoisotopic (exact) mass is 399 g/mol. The third kappa shape index (κ3) is 5.46. The van der Waals surface area contributed by atoms with Crippen LogP contribution in [0.2, 0.25) is 0 Å². The molecule has 1 atom stereocenters. The van der Waals surface area contributed by atoms with Crippen molar-refractivity contribution in [1.82, 2.24) is 9.80 Å². The van der Waals surface area contributed by atoms with Crippen molar-refractivity contribution in [3.05, 3.63) is 35.4 Å². The van der Waals surface area contributed by atoms with Crippen molar-refractivity contribution in [2.45, 2.75) is 38.0 Å². The summed E-state index contributed by atoms with van der Waals surface area (Å²) in [6, 6.07) is 4.81. The maximum atomic E-state index is 12.8. The lowest BCUT2D eigenvalue weighted by molar-refractivity contribution is -0.137. The molecule has 1 amide bonds. The number of carbonyl (C=O) groups excluding carboxylic acids is 1. The minimum Gasteiger partial charge on any atom is -0.381 e. The van der Waals surface area contributed by atoms with Gasteiger partial charge in [0, 0.05) is 45.9 Å². The smallest absolute Gasteiger partial charge is 0.381 e. The van der Waals surface area contributed by atoms with E-state index in [-0.39, 0.29) is 11.8 Å². The summed E-state index contributed by atoms with van der Waals surface area (Å²) in [5, 5.41) is 0. The highest BCUT2D eigenvalue weighted by atomic mass is 19.4. The molecule has 2 saturated heterocycles. The maximum absolute atomic E-state index is 12.8. The van der Waals surface area contributed by atoms with Gasteiger partial charge < -0.3 is 15.4 Å². The third-order valence-corrected chi connectivity index (χ3v) is 5.65. The van der Waals surface area contributed by atoms with Crippen LogP contribution < -0.4 is 5.73 Å². The average molecular weight is 399 g/mol. The summed E-state index contributed by atoms with van der Waals surface area (Å²) in [6.07, 6.45) is -1.85. The summed E-state index contributed by atoms with van der Waals surface area (Å²) in [4.78, 5) is 16.8. The molecule has 2 aliphatic heterocycles. The Hall–Kier alpha value is -1.64. The minimum atomic E-state index is -4.31. The average Bonchev–Trinajstić information content (AvgIpc) is 2.93. The number of alkyl halides is 3. The molecule has 0 aliphatic carbocycles. The van der Waals surface area contributed by atoms with Crippen molar-refractivity contribution < 1.29 is 22.7 Å². The van der Waals surface area contributed by atoms with E-state index in [1.165, 1.54) is 12.1 Å². The van der Waals surface area contributed by atoms with Gasteiger partial charge in [-0.3, -0.25) is 9.69 Å². The van der Waals surface area contributed by atoms with E-state index >= 15 is 0 Å². The Bertz CT molecular complexity index is 645. The normalized spacial score (nSPS) is 21.4. The highest BCUT2D eigenvalue weighted by Gasteiger charge is 2.31. The van der Waals surface area contributed by atoms with E-state index in [0.29, 0.717) is 39.4 Å². The van der Waals surface area contributed by atoms with Crippen molar-refractivity contribution in [2.75, 3.05) is 39.4 Å². The van der Waals surface area contributed by atoms with Gasteiger partial charge in [0.1, 0.15) is 0 Å². The zero-order chi connectivity index (χ0) is 20.1. The fourth-order valence-electron chi connectivity index (χ4n) is 3.89. The van der Waals surface area contributed by atoms with Gasteiger partial charge in [-0.15, -0.1) is 0 Å². The summed E-state index contributed by atoms with van der Waals surface area (Å²) in [7, 11) is 0. The predicted molar refractivity (Wildman–Crippen MR) is 99.4 cm³/mol. The van der Waals surface area contributed by atoms with E-state index in [1.807, 2.05) is 4.90 Å². The van der Waals surface area contributed by atoms with Crippen LogP contribution in [0.4, 0.5) is 13.2 Å². The van der Waals surface area contributed by atoms with E-state index in [0.717, 1.165) is 43.5 Å². The molecule has 2 fully saturated rings. The number of nitrogens with two attached hydrogens (primary N) is 1. The second kappa shape index (κ2) is 9.24. The number of carbonyl (C=O) groups is 1. The Kier molecular flexibility index (Phi) is 6.95.